The second kappa shape index (κ2) is 4.88. The van der Waals surface area contributed by atoms with E-state index < -0.39 is 5.97 Å². The van der Waals surface area contributed by atoms with E-state index in [1.807, 2.05) is 0 Å². The van der Waals surface area contributed by atoms with Gasteiger partial charge in [-0.25, -0.2) is 4.79 Å². The van der Waals surface area contributed by atoms with Crippen molar-refractivity contribution in [3.05, 3.63) is 42.0 Å². The van der Waals surface area contributed by atoms with Crippen molar-refractivity contribution in [3.8, 4) is 12.3 Å². The number of hydrogen-bond donors (Lipinski definition) is 0. The number of hydrogen-bond acceptors (Lipinski definition) is 2. The fraction of sp³-hybridized carbons (Fsp3) is 0.0833. The smallest absolute Gasteiger partial charge is 0.339 e. The number of terminal acetylenes is 1. The summed E-state index contributed by atoms with van der Waals surface area (Å²) in [6.07, 6.45) is 6.66. The molecule has 2 nitrogen and oxygen atoms in total. The summed E-state index contributed by atoms with van der Waals surface area (Å²) >= 11 is 0. The number of carbonyl (C=O) groups excluding carboxylic acids is 1. The maximum absolute atomic E-state index is 11.3. The molecule has 1 rings (SSSR count). The van der Waals surface area contributed by atoms with Crippen LogP contribution in [0.3, 0.4) is 0 Å². The molecule has 0 amide bonds. The third kappa shape index (κ3) is 2.49. The number of benzene rings is 1. The van der Waals surface area contributed by atoms with Crippen LogP contribution >= 0.6 is 0 Å². The molecule has 0 spiro atoms. The van der Waals surface area contributed by atoms with Gasteiger partial charge in [-0.2, -0.15) is 0 Å². The van der Waals surface area contributed by atoms with Gasteiger partial charge in [-0.3, -0.25) is 0 Å². The largest absolute Gasteiger partial charge is 0.449 e. The Bertz CT molecular complexity index is 368. The zero-order valence-electron chi connectivity index (χ0n) is 7.69. The standard InChI is InChI=1S/C12H10O2/c1-3-9-14-12(13)11-7-5-10(4-2)6-8-11/h1,4-8H,2,9H2. The first-order valence-electron chi connectivity index (χ1n) is 4.11. The van der Waals surface area contributed by atoms with Gasteiger partial charge in [0.15, 0.2) is 6.61 Å². The van der Waals surface area contributed by atoms with Crippen molar-refractivity contribution in [2.75, 3.05) is 6.61 Å². The van der Waals surface area contributed by atoms with E-state index in [-0.39, 0.29) is 6.61 Å². The second-order valence-electron chi connectivity index (χ2n) is 2.61. The lowest BCUT2D eigenvalue weighted by Crippen LogP contribution is -2.04. The molecule has 2 heteroatoms. The second-order valence-corrected chi connectivity index (χ2v) is 2.61. The number of ether oxygens (including phenoxy) is 1. The van der Waals surface area contributed by atoms with Crippen molar-refractivity contribution in [3.63, 3.8) is 0 Å². The first-order valence-corrected chi connectivity index (χ1v) is 4.11. The van der Waals surface area contributed by atoms with Crippen molar-refractivity contribution < 1.29 is 9.53 Å². The Kier molecular flexibility index (Phi) is 3.51. The summed E-state index contributed by atoms with van der Waals surface area (Å²) in [4.78, 5) is 11.3. The molecule has 0 aromatic heterocycles. The zero-order chi connectivity index (χ0) is 10.4. The molecule has 0 aliphatic heterocycles. The highest BCUT2D eigenvalue weighted by Gasteiger charge is 2.04. The third-order valence-corrected chi connectivity index (χ3v) is 1.67. The normalized spacial score (nSPS) is 8.79. The van der Waals surface area contributed by atoms with Crippen LogP contribution in [-0.2, 0) is 4.74 Å². The highest BCUT2D eigenvalue weighted by Crippen LogP contribution is 2.06. The van der Waals surface area contributed by atoms with Crippen LogP contribution in [0.25, 0.3) is 6.08 Å². The highest BCUT2D eigenvalue weighted by atomic mass is 16.5. The van der Waals surface area contributed by atoms with Crippen LogP contribution in [0.4, 0.5) is 0 Å². The Morgan fingerprint density at radius 3 is 2.64 bits per heavy atom. The van der Waals surface area contributed by atoms with Crippen LogP contribution < -0.4 is 0 Å². The zero-order valence-corrected chi connectivity index (χ0v) is 7.69. The summed E-state index contributed by atoms with van der Waals surface area (Å²) in [5, 5.41) is 0. The average Bonchev–Trinajstić information content (AvgIpc) is 2.26. The Balaban J connectivity index is 2.72. The summed E-state index contributed by atoms with van der Waals surface area (Å²) in [6, 6.07) is 6.94. The molecule has 0 atom stereocenters. The minimum Gasteiger partial charge on any atom is -0.449 e. The lowest BCUT2D eigenvalue weighted by Gasteiger charge is -2.00. The molecule has 0 saturated carbocycles. The van der Waals surface area contributed by atoms with E-state index in [2.05, 4.69) is 12.5 Å². The highest BCUT2D eigenvalue weighted by molar-refractivity contribution is 5.89. The number of carbonyl (C=O) groups is 1. The summed E-state index contributed by atoms with van der Waals surface area (Å²) in [6.45, 7) is 3.61. The lowest BCUT2D eigenvalue weighted by atomic mass is 10.1. The van der Waals surface area contributed by atoms with Gasteiger partial charge in [-0.1, -0.05) is 30.7 Å². The van der Waals surface area contributed by atoms with Gasteiger partial charge in [0.1, 0.15) is 0 Å². The van der Waals surface area contributed by atoms with E-state index >= 15 is 0 Å². The van der Waals surface area contributed by atoms with Gasteiger partial charge in [-0.15, -0.1) is 6.42 Å². The van der Waals surface area contributed by atoms with Gasteiger partial charge < -0.3 is 4.74 Å². The van der Waals surface area contributed by atoms with Gasteiger partial charge in [0, 0.05) is 0 Å². The monoisotopic (exact) mass is 186 g/mol. The number of rotatable bonds is 3. The Morgan fingerprint density at radius 1 is 1.50 bits per heavy atom. The minimum absolute atomic E-state index is 0.00203. The van der Waals surface area contributed by atoms with Crippen molar-refractivity contribution in [1.82, 2.24) is 0 Å². The molecule has 0 aliphatic rings. The van der Waals surface area contributed by atoms with E-state index in [9.17, 15) is 4.79 Å². The van der Waals surface area contributed by atoms with E-state index in [0.717, 1.165) is 5.56 Å². The molecule has 0 saturated heterocycles. The molecule has 0 aliphatic carbocycles. The number of esters is 1. The van der Waals surface area contributed by atoms with Crippen LogP contribution in [-0.4, -0.2) is 12.6 Å². The van der Waals surface area contributed by atoms with Crippen molar-refractivity contribution in [2.24, 2.45) is 0 Å². The van der Waals surface area contributed by atoms with Crippen LogP contribution in [0.5, 0.6) is 0 Å². The van der Waals surface area contributed by atoms with Crippen LogP contribution in [0.2, 0.25) is 0 Å². The van der Waals surface area contributed by atoms with Crippen molar-refractivity contribution in [2.45, 2.75) is 0 Å². The molecule has 0 heterocycles. The fourth-order valence-electron chi connectivity index (χ4n) is 0.946. The fourth-order valence-corrected chi connectivity index (χ4v) is 0.946. The van der Waals surface area contributed by atoms with Gasteiger partial charge >= 0.3 is 5.97 Å². The molecule has 1 aromatic carbocycles. The predicted molar refractivity (Wildman–Crippen MR) is 55.6 cm³/mol. The SMILES string of the molecule is C#CCOC(=O)c1ccc(C=C)cc1. The maximum atomic E-state index is 11.3. The quantitative estimate of drug-likeness (QED) is 0.534. The topological polar surface area (TPSA) is 26.3 Å². The van der Waals surface area contributed by atoms with Crippen molar-refractivity contribution >= 4 is 12.0 Å². The summed E-state index contributed by atoms with van der Waals surface area (Å²) in [5.41, 5.74) is 1.45. The first-order chi connectivity index (χ1) is 6.77. The van der Waals surface area contributed by atoms with Gasteiger partial charge in [0.2, 0.25) is 0 Å². The molecule has 0 bridgehead atoms. The molecule has 0 N–H and O–H groups in total. The summed E-state index contributed by atoms with van der Waals surface area (Å²) < 4.78 is 4.75. The first kappa shape index (κ1) is 10.1. The van der Waals surface area contributed by atoms with E-state index in [4.69, 9.17) is 11.2 Å². The maximum Gasteiger partial charge on any atom is 0.339 e. The van der Waals surface area contributed by atoms with Crippen LogP contribution in [0, 0.1) is 12.3 Å². The van der Waals surface area contributed by atoms with Gasteiger partial charge in [0.25, 0.3) is 0 Å². The Morgan fingerprint density at radius 2 is 2.14 bits per heavy atom. The van der Waals surface area contributed by atoms with Crippen LogP contribution in [0.15, 0.2) is 30.8 Å². The Labute approximate surface area is 83.2 Å². The predicted octanol–water partition coefficient (Wildman–Crippen LogP) is 2.12. The Hall–Kier alpha value is -2.01. The van der Waals surface area contributed by atoms with E-state index in [1.165, 1.54) is 0 Å². The third-order valence-electron chi connectivity index (χ3n) is 1.67. The van der Waals surface area contributed by atoms with Crippen molar-refractivity contribution in [1.29, 1.82) is 0 Å². The average molecular weight is 186 g/mol. The molecule has 70 valence electrons. The molecular formula is C12H10O2. The van der Waals surface area contributed by atoms with Gasteiger partial charge in [0.05, 0.1) is 5.56 Å². The molecule has 0 unspecified atom stereocenters. The van der Waals surface area contributed by atoms with E-state index in [1.54, 1.807) is 30.3 Å². The molecule has 0 radical (unpaired) electrons. The molecular weight excluding hydrogens is 176 g/mol. The summed E-state index contributed by atoms with van der Waals surface area (Å²) in [5.74, 6) is 1.83. The lowest BCUT2D eigenvalue weighted by molar-refractivity contribution is 0.0557. The van der Waals surface area contributed by atoms with E-state index in [0.29, 0.717) is 5.56 Å². The minimum atomic E-state index is -0.404. The molecule has 0 fully saturated rings. The van der Waals surface area contributed by atoms with Gasteiger partial charge in [-0.05, 0) is 17.7 Å². The summed E-state index contributed by atoms with van der Waals surface area (Å²) in [7, 11) is 0. The van der Waals surface area contributed by atoms with Crippen LogP contribution in [0.1, 0.15) is 15.9 Å². The molecule has 1 aromatic rings. The molecule has 14 heavy (non-hydrogen) atoms.